The van der Waals surface area contributed by atoms with Gasteiger partial charge in [0.1, 0.15) is 10.8 Å². The maximum atomic E-state index is 12.3. The fraction of sp³-hybridized carbons (Fsp3) is 0.412. The second kappa shape index (κ2) is 6.24. The summed E-state index contributed by atoms with van der Waals surface area (Å²) in [7, 11) is 0. The predicted octanol–water partition coefficient (Wildman–Crippen LogP) is 3.26. The maximum Gasteiger partial charge on any atom is 0.330 e. The van der Waals surface area contributed by atoms with E-state index in [1.807, 2.05) is 12.1 Å². The normalized spacial score (nSPS) is 17.1. The quantitative estimate of drug-likeness (QED) is 0.906. The molecule has 122 valence electrons. The SMILES string of the molecule is CC(C)n1c(=O)[nH]c(N[C@H]2CCCc3ccccc32)c(Cl)c1=O. The number of fused-ring (bicyclic) bond motifs is 1. The van der Waals surface area contributed by atoms with E-state index in [0.29, 0.717) is 5.82 Å². The molecule has 6 heteroatoms. The first-order valence-corrected chi connectivity index (χ1v) is 8.25. The van der Waals surface area contributed by atoms with Gasteiger partial charge in [0.2, 0.25) is 0 Å². The molecule has 0 fully saturated rings. The summed E-state index contributed by atoms with van der Waals surface area (Å²) in [6.07, 6.45) is 3.04. The Morgan fingerprint density at radius 2 is 2.04 bits per heavy atom. The zero-order chi connectivity index (χ0) is 16.6. The van der Waals surface area contributed by atoms with Crippen LogP contribution in [0.25, 0.3) is 0 Å². The van der Waals surface area contributed by atoms with Gasteiger partial charge in [-0.05, 0) is 44.2 Å². The zero-order valence-corrected chi connectivity index (χ0v) is 14.0. The van der Waals surface area contributed by atoms with Crippen molar-refractivity contribution in [2.45, 2.75) is 45.2 Å². The third kappa shape index (κ3) is 2.93. The first kappa shape index (κ1) is 15.9. The lowest BCUT2D eigenvalue weighted by atomic mass is 9.88. The maximum absolute atomic E-state index is 12.3. The third-order valence-electron chi connectivity index (χ3n) is 4.28. The van der Waals surface area contributed by atoms with Crippen molar-refractivity contribution in [3.8, 4) is 0 Å². The summed E-state index contributed by atoms with van der Waals surface area (Å²) in [5.41, 5.74) is 1.59. The van der Waals surface area contributed by atoms with Crippen molar-refractivity contribution in [2.75, 3.05) is 5.32 Å². The highest BCUT2D eigenvalue weighted by atomic mass is 35.5. The van der Waals surface area contributed by atoms with Gasteiger partial charge in [0.25, 0.3) is 5.56 Å². The second-order valence-electron chi connectivity index (χ2n) is 6.18. The Hall–Kier alpha value is -2.01. The lowest BCUT2D eigenvalue weighted by Crippen LogP contribution is -2.37. The van der Waals surface area contributed by atoms with Gasteiger partial charge in [0.05, 0.1) is 6.04 Å². The van der Waals surface area contributed by atoms with E-state index in [9.17, 15) is 9.59 Å². The number of nitrogens with zero attached hydrogens (tertiary/aromatic N) is 1. The molecule has 0 spiro atoms. The number of aromatic amines is 1. The van der Waals surface area contributed by atoms with Crippen LogP contribution in [0.5, 0.6) is 0 Å². The molecule has 1 aliphatic carbocycles. The van der Waals surface area contributed by atoms with Crippen LogP contribution >= 0.6 is 11.6 Å². The predicted molar refractivity (Wildman–Crippen MR) is 92.5 cm³/mol. The number of aryl methyl sites for hydroxylation is 1. The summed E-state index contributed by atoms with van der Waals surface area (Å²) >= 11 is 6.19. The van der Waals surface area contributed by atoms with Crippen LogP contribution < -0.4 is 16.6 Å². The molecule has 2 N–H and O–H groups in total. The van der Waals surface area contributed by atoms with E-state index < -0.39 is 11.2 Å². The standard InChI is InChI=1S/C17H20ClN3O2/c1-10(2)21-16(22)14(18)15(20-17(21)23)19-13-9-5-7-11-6-3-4-8-12(11)13/h3-4,6,8,10,13,19H,5,7,9H2,1-2H3,(H,20,23)/t13-/m0/s1. The van der Waals surface area contributed by atoms with Gasteiger partial charge in [-0.15, -0.1) is 0 Å². The van der Waals surface area contributed by atoms with Crippen molar-refractivity contribution in [1.29, 1.82) is 0 Å². The summed E-state index contributed by atoms with van der Waals surface area (Å²) in [4.78, 5) is 27.2. The molecule has 1 aliphatic rings. The molecular weight excluding hydrogens is 314 g/mol. The number of nitrogens with one attached hydrogen (secondary N) is 2. The molecule has 3 rings (SSSR count). The molecule has 1 heterocycles. The first-order chi connectivity index (χ1) is 11.0. The molecule has 0 unspecified atom stereocenters. The smallest absolute Gasteiger partial charge is 0.330 e. The Morgan fingerprint density at radius 1 is 1.30 bits per heavy atom. The largest absolute Gasteiger partial charge is 0.363 e. The molecule has 5 nitrogen and oxygen atoms in total. The van der Waals surface area contributed by atoms with Gasteiger partial charge in [0.15, 0.2) is 0 Å². The fourth-order valence-corrected chi connectivity index (χ4v) is 3.37. The van der Waals surface area contributed by atoms with Crippen LogP contribution in [0, 0.1) is 0 Å². The van der Waals surface area contributed by atoms with Crippen LogP contribution in [-0.2, 0) is 6.42 Å². The van der Waals surface area contributed by atoms with E-state index in [-0.39, 0.29) is 17.1 Å². The average Bonchev–Trinajstić information content (AvgIpc) is 2.52. The van der Waals surface area contributed by atoms with Crippen LogP contribution in [0.2, 0.25) is 5.02 Å². The number of halogens is 1. The van der Waals surface area contributed by atoms with Crippen molar-refractivity contribution in [3.63, 3.8) is 0 Å². The van der Waals surface area contributed by atoms with Gasteiger partial charge >= 0.3 is 5.69 Å². The lowest BCUT2D eigenvalue weighted by Gasteiger charge is -2.27. The number of benzene rings is 1. The van der Waals surface area contributed by atoms with E-state index >= 15 is 0 Å². The highest BCUT2D eigenvalue weighted by Gasteiger charge is 2.22. The van der Waals surface area contributed by atoms with E-state index in [4.69, 9.17) is 11.6 Å². The molecule has 0 aliphatic heterocycles. The van der Waals surface area contributed by atoms with Gasteiger partial charge < -0.3 is 5.32 Å². The minimum absolute atomic E-state index is 0.0290. The molecule has 2 aromatic rings. The van der Waals surface area contributed by atoms with Gasteiger partial charge in [-0.1, -0.05) is 35.9 Å². The molecule has 1 atom stereocenters. The molecule has 1 aromatic heterocycles. The highest BCUT2D eigenvalue weighted by molar-refractivity contribution is 6.32. The minimum Gasteiger partial charge on any atom is -0.363 e. The van der Waals surface area contributed by atoms with Crippen LogP contribution in [0.1, 0.15) is 49.9 Å². The second-order valence-corrected chi connectivity index (χ2v) is 6.55. The van der Waals surface area contributed by atoms with E-state index in [2.05, 4.69) is 22.4 Å². The minimum atomic E-state index is -0.461. The summed E-state index contributed by atoms with van der Waals surface area (Å²) in [6.45, 7) is 3.55. The van der Waals surface area contributed by atoms with Crippen molar-refractivity contribution >= 4 is 17.4 Å². The Morgan fingerprint density at radius 3 is 2.78 bits per heavy atom. The summed E-state index contributed by atoms with van der Waals surface area (Å²) in [6, 6.07) is 8.02. The number of hydrogen-bond acceptors (Lipinski definition) is 3. The molecule has 0 amide bonds. The Bertz CT molecular complexity index is 838. The number of H-pyrrole nitrogens is 1. The fourth-order valence-electron chi connectivity index (χ4n) is 3.17. The van der Waals surface area contributed by atoms with Crippen molar-refractivity contribution in [1.82, 2.24) is 9.55 Å². The van der Waals surface area contributed by atoms with E-state index in [1.54, 1.807) is 13.8 Å². The van der Waals surface area contributed by atoms with Gasteiger partial charge in [-0.25, -0.2) is 4.79 Å². The monoisotopic (exact) mass is 333 g/mol. The summed E-state index contributed by atoms with van der Waals surface area (Å²) < 4.78 is 1.13. The molecule has 23 heavy (non-hydrogen) atoms. The van der Waals surface area contributed by atoms with Crippen LogP contribution in [-0.4, -0.2) is 9.55 Å². The summed E-state index contributed by atoms with van der Waals surface area (Å²) in [5, 5.41) is 3.28. The lowest BCUT2D eigenvalue weighted by molar-refractivity contribution is 0.544. The first-order valence-electron chi connectivity index (χ1n) is 7.87. The number of anilines is 1. The summed E-state index contributed by atoms with van der Waals surface area (Å²) in [5.74, 6) is 0.306. The molecule has 0 radical (unpaired) electrons. The molecule has 1 aromatic carbocycles. The van der Waals surface area contributed by atoms with Crippen LogP contribution in [0.3, 0.4) is 0 Å². The van der Waals surface area contributed by atoms with E-state index in [1.165, 1.54) is 11.1 Å². The highest BCUT2D eigenvalue weighted by Crippen LogP contribution is 2.32. The Labute approximate surface area is 139 Å². The average molecular weight is 334 g/mol. The molecule has 0 bridgehead atoms. The molecular formula is C17H20ClN3O2. The van der Waals surface area contributed by atoms with Crippen molar-refractivity contribution < 1.29 is 0 Å². The zero-order valence-electron chi connectivity index (χ0n) is 13.2. The van der Waals surface area contributed by atoms with Crippen LogP contribution in [0.15, 0.2) is 33.9 Å². The molecule has 0 saturated heterocycles. The van der Waals surface area contributed by atoms with Gasteiger partial charge in [-0.3, -0.25) is 14.3 Å². The van der Waals surface area contributed by atoms with Crippen LogP contribution in [0.4, 0.5) is 5.82 Å². The molecule has 0 saturated carbocycles. The topological polar surface area (TPSA) is 66.9 Å². The third-order valence-corrected chi connectivity index (χ3v) is 4.63. The van der Waals surface area contributed by atoms with Gasteiger partial charge in [-0.2, -0.15) is 0 Å². The van der Waals surface area contributed by atoms with Gasteiger partial charge in [0, 0.05) is 6.04 Å². The van der Waals surface area contributed by atoms with Crippen molar-refractivity contribution in [2.24, 2.45) is 0 Å². The Kier molecular flexibility index (Phi) is 4.31. The van der Waals surface area contributed by atoms with Crippen molar-refractivity contribution in [3.05, 3.63) is 61.3 Å². The Balaban J connectivity index is 1.99. The van der Waals surface area contributed by atoms with E-state index in [0.717, 1.165) is 23.8 Å². The number of aromatic nitrogens is 2. The number of rotatable bonds is 3. The number of hydrogen-bond donors (Lipinski definition) is 2.